The van der Waals surface area contributed by atoms with E-state index in [2.05, 4.69) is 30.8 Å². The van der Waals surface area contributed by atoms with Crippen LogP contribution in [0, 0.1) is 5.82 Å². The minimum absolute atomic E-state index is 0.111. The summed E-state index contributed by atoms with van der Waals surface area (Å²) in [6.45, 7) is 0.0387. The molecule has 11 nitrogen and oxygen atoms in total. The van der Waals surface area contributed by atoms with Gasteiger partial charge in [0, 0.05) is 50.7 Å². The molecule has 0 saturated carbocycles. The van der Waals surface area contributed by atoms with E-state index >= 15 is 0 Å². The fourth-order valence-electron chi connectivity index (χ4n) is 3.53. The summed E-state index contributed by atoms with van der Waals surface area (Å²) < 4.78 is 42.5. The second-order valence-electron chi connectivity index (χ2n) is 8.21. The predicted molar refractivity (Wildman–Crippen MR) is 134 cm³/mol. The molecule has 13 heteroatoms. The zero-order valence-corrected chi connectivity index (χ0v) is 21.2. The Morgan fingerprint density at radius 1 is 1.08 bits per heavy atom. The third kappa shape index (κ3) is 5.62. The van der Waals surface area contributed by atoms with E-state index in [-0.39, 0.29) is 17.0 Å². The van der Waals surface area contributed by atoms with Crippen molar-refractivity contribution in [3.63, 3.8) is 0 Å². The average Bonchev–Trinajstić information content (AvgIpc) is 3.27. The van der Waals surface area contributed by atoms with Crippen molar-refractivity contribution in [2.75, 3.05) is 19.4 Å². The van der Waals surface area contributed by atoms with Gasteiger partial charge in [0.2, 0.25) is 10.0 Å². The van der Waals surface area contributed by atoms with E-state index in [9.17, 15) is 17.6 Å². The first-order valence-corrected chi connectivity index (χ1v) is 12.6. The minimum Gasteiger partial charge on any atom is -0.378 e. The van der Waals surface area contributed by atoms with Crippen molar-refractivity contribution in [3.8, 4) is 11.5 Å². The second-order valence-corrected chi connectivity index (χ2v) is 10.3. The van der Waals surface area contributed by atoms with Gasteiger partial charge in [-0.05, 0) is 36.4 Å². The number of aromatic nitrogens is 5. The Morgan fingerprint density at radius 3 is 2.59 bits per heavy atom. The lowest BCUT2D eigenvalue weighted by Gasteiger charge is -2.16. The summed E-state index contributed by atoms with van der Waals surface area (Å²) in [7, 11) is 0.655. The van der Waals surface area contributed by atoms with Crippen LogP contribution in [0.5, 0.6) is 0 Å². The molecule has 2 N–H and O–H groups in total. The molecule has 37 heavy (non-hydrogen) atoms. The van der Waals surface area contributed by atoms with Gasteiger partial charge in [-0.3, -0.25) is 4.79 Å². The number of carbonyl (C=O) groups excluding carboxylic acids is 1. The van der Waals surface area contributed by atoms with Gasteiger partial charge in [-0.2, -0.15) is 0 Å². The first-order valence-electron chi connectivity index (χ1n) is 11.1. The van der Waals surface area contributed by atoms with E-state index in [1.165, 1.54) is 32.6 Å². The van der Waals surface area contributed by atoms with Gasteiger partial charge in [-0.1, -0.05) is 12.1 Å². The molecule has 2 heterocycles. The highest BCUT2D eigenvalue weighted by Gasteiger charge is 2.23. The minimum atomic E-state index is -3.89. The molecule has 0 fully saturated rings. The van der Waals surface area contributed by atoms with Gasteiger partial charge in [0.05, 0.1) is 11.4 Å². The molecule has 0 spiro atoms. The van der Waals surface area contributed by atoms with E-state index in [1.54, 1.807) is 41.1 Å². The molecule has 2 aromatic heterocycles. The van der Waals surface area contributed by atoms with Crippen LogP contribution >= 0.6 is 0 Å². The van der Waals surface area contributed by atoms with Crippen LogP contribution in [0.3, 0.4) is 0 Å². The monoisotopic (exact) mass is 524 g/mol. The molecule has 0 saturated heterocycles. The third-order valence-corrected chi connectivity index (χ3v) is 7.51. The number of anilines is 1. The Balaban J connectivity index is 1.44. The van der Waals surface area contributed by atoms with Crippen LogP contribution in [0.25, 0.3) is 11.5 Å². The molecule has 4 rings (SSSR count). The second kappa shape index (κ2) is 10.8. The van der Waals surface area contributed by atoms with Gasteiger partial charge in [-0.25, -0.2) is 27.1 Å². The summed E-state index contributed by atoms with van der Waals surface area (Å²) in [6.07, 6.45) is 3.06. The fraction of sp³-hybridized carbons (Fsp3) is 0.208. The largest absolute Gasteiger partial charge is 0.378 e. The summed E-state index contributed by atoms with van der Waals surface area (Å²) in [5.74, 6) is 0.0437. The van der Waals surface area contributed by atoms with Gasteiger partial charge < -0.3 is 15.2 Å². The zero-order chi connectivity index (χ0) is 26.6. The number of hydrogen-bond acceptors (Lipinski definition) is 8. The van der Waals surface area contributed by atoms with Crippen molar-refractivity contribution in [1.29, 1.82) is 0 Å². The Hall–Kier alpha value is -4.23. The maximum atomic E-state index is 14.5. The van der Waals surface area contributed by atoms with E-state index < -0.39 is 21.7 Å². The number of sulfonamides is 1. The van der Waals surface area contributed by atoms with Crippen LogP contribution in [0.4, 0.5) is 10.1 Å². The summed E-state index contributed by atoms with van der Waals surface area (Å²) in [5.41, 5.74) is 1.51. The lowest BCUT2D eigenvalue weighted by Crippen LogP contribution is -2.27. The van der Waals surface area contributed by atoms with Crippen molar-refractivity contribution >= 4 is 21.6 Å². The smallest absolute Gasteiger partial charge is 0.251 e. The van der Waals surface area contributed by atoms with Crippen molar-refractivity contribution in [2.45, 2.75) is 18.0 Å². The first kappa shape index (κ1) is 25.9. The highest BCUT2D eigenvalue weighted by atomic mass is 32.2. The molecule has 0 aliphatic heterocycles. The number of halogens is 1. The van der Waals surface area contributed by atoms with Gasteiger partial charge >= 0.3 is 0 Å². The Morgan fingerprint density at radius 2 is 1.86 bits per heavy atom. The van der Waals surface area contributed by atoms with Crippen molar-refractivity contribution in [2.24, 2.45) is 7.05 Å². The standard InChI is InChI=1S/C24H25FN8O3S/c1-32(2)37(35,36)21-9-5-8-19(25)18(21)13-28-24(34)16-6-4-7-17(12-16)27-14-22-30-31-23(33(22)3)20-10-11-26-15-29-20/h4-12,15,27H,13-14H2,1-3H3,(H,28,34). The number of hydrogen-bond donors (Lipinski definition) is 2. The van der Waals surface area contributed by atoms with Crippen LogP contribution in [-0.2, 0) is 30.2 Å². The average molecular weight is 525 g/mol. The fourth-order valence-corrected chi connectivity index (χ4v) is 4.66. The molecule has 0 radical (unpaired) electrons. The summed E-state index contributed by atoms with van der Waals surface area (Å²) in [4.78, 5) is 20.7. The third-order valence-electron chi connectivity index (χ3n) is 5.61. The normalized spacial score (nSPS) is 11.5. The molecule has 0 aliphatic carbocycles. The maximum absolute atomic E-state index is 14.5. The van der Waals surface area contributed by atoms with E-state index in [1.807, 2.05) is 7.05 Å². The zero-order valence-electron chi connectivity index (χ0n) is 20.4. The molecular weight excluding hydrogens is 499 g/mol. The van der Waals surface area contributed by atoms with Gasteiger partial charge in [0.1, 0.15) is 17.8 Å². The molecular formula is C24H25FN8O3S. The number of rotatable bonds is 9. The molecule has 0 atom stereocenters. The van der Waals surface area contributed by atoms with Gasteiger partial charge in [-0.15, -0.1) is 10.2 Å². The molecule has 192 valence electrons. The molecule has 1 amide bonds. The SMILES string of the molecule is CN(C)S(=O)(=O)c1cccc(F)c1CNC(=O)c1cccc(NCc2nnc(-c3ccncn3)n2C)c1. The van der Waals surface area contributed by atoms with Gasteiger partial charge in [0.15, 0.2) is 11.6 Å². The van der Waals surface area contributed by atoms with Crippen molar-refractivity contribution in [1.82, 2.24) is 34.4 Å². The first-order chi connectivity index (χ1) is 17.7. The van der Waals surface area contributed by atoms with E-state index in [0.717, 1.165) is 10.4 Å². The molecule has 2 aromatic carbocycles. The highest BCUT2D eigenvalue weighted by molar-refractivity contribution is 7.89. The number of benzene rings is 2. The van der Waals surface area contributed by atoms with E-state index in [0.29, 0.717) is 35.1 Å². The van der Waals surface area contributed by atoms with Crippen molar-refractivity contribution < 1.29 is 17.6 Å². The van der Waals surface area contributed by atoms with Crippen LogP contribution < -0.4 is 10.6 Å². The Bertz CT molecular complexity index is 1520. The molecule has 0 aliphatic rings. The van der Waals surface area contributed by atoms with Crippen LogP contribution in [-0.4, -0.2) is 57.5 Å². The predicted octanol–water partition coefficient (Wildman–Crippen LogP) is 2.20. The van der Waals surface area contributed by atoms with Crippen molar-refractivity contribution in [3.05, 3.63) is 83.8 Å². The summed E-state index contributed by atoms with van der Waals surface area (Å²) >= 11 is 0. The van der Waals surface area contributed by atoms with Crippen LogP contribution in [0.1, 0.15) is 21.7 Å². The Labute approximate surface area is 213 Å². The topological polar surface area (TPSA) is 135 Å². The highest BCUT2D eigenvalue weighted by Crippen LogP contribution is 2.22. The maximum Gasteiger partial charge on any atom is 0.251 e. The number of carbonyl (C=O) groups is 1. The number of amides is 1. The molecule has 0 bridgehead atoms. The number of nitrogens with one attached hydrogen (secondary N) is 2. The summed E-state index contributed by atoms with van der Waals surface area (Å²) in [5, 5.41) is 14.2. The lowest BCUT2D eigenvalue weighted by atomic mass is 10.1. The van der Waals surface area contributed by atoms with E-state index in [4.69, 9.17) is 0 Å². The van der Waals surface area contributed by atoms with Crippen LogP contribution in [0.2, 0.25) is 0 Å². The van der Waals surface area contributed by atoms with Crippen LogP contribution in [0.15, 0.2) is 66.0 Å². The quantitative estimate of drug-likeness (QED) is 0.340. The molecule has 0 unspecified atom stereocenters. The molecule has 4 aromatic rings. The van der Waals surface area contributed by atoms with Gasteiger partial charge in [0.25, 0.3) is 5.91 Å². The summed E-state index contributed by atoms with van der Waals surface area (Å²) in [6, 6.07) is 12.3. The number of nitrogens with zero attached hydrogens (tertiary/aromatic N) is 6. The lowest BCUT2D eigenvalue weighted by molar-refractivity contribution is 0.0950. The Kier molecular flexibility index (Phi) is 7.55.